The smallest absolute Gasteiger partial charge is 0.207 e. The number of nitriles is 2. The molecule has 1 N–H and O–H groups in total. The van der Waals surface area contributed by atoms with Crippen molar-refractivity contribution in [3.05, 3.63) is 65.2 Å². The van der Waals surface area contributed by atoms with Crippen molar-refractivity contribution in [2.45, 2.75) is 45.1 Å². The van der Waals surface area contributed by atoms with Crippen molar-refractivity contribution in [3.63, 3.8) is 0 Å². The lowest BCUT2D eigenvalue weighted by atomic mass is 9.84. The largest absolute Gasteiger partial charge is 0.485 e. The van der Waals surface area contributed by atoms with Crippen LogP contribution in [0.1, 0.15) is 43.5 Å². The highest BCUT2D eigenvalue weighted by atomic mass is 16.5. The molecule has 0 aromatic heterocycles. The van der Waals surface area contributed by atoms with E-state index in [2.05, 4.69) is 11.1 Å². The molecule has 6 heteroatoms. The van der Waals surface area contributed by atoms with Gasteiger partial charge in [0.15, 0.2) is 0 Å². The van der Waals surface area contributed by atoms with Crippen LogP contribution in [-0.4, -0.2) is 27.5 Å². The fraction of sp³-hybridized carbons (Fsp3) is 0.318. The molecule has 0 amide bonds. The number of hydrogen-bond acceptors (Lipinski definition) is 5. The van der Waals surface area contributed by atoms with Gasteiger partial charge in [0.1, 0.15) is 23.3 Å². The van der Waals surface area contributed by atoms with Crippen molar-refractivity contribution in [2.75, 3.05) is 0 Å². The highest BCUT2D eigenvalue weighted by Gasteiger charge is 2.46. The van der Waals surface area contributed by atoms with E-state index in [4.69, 9.17) is 10.00 Å². The number of ether oxygens (including phenoxy) is 1. The molecule has 0 bridgehead atoms. The van der Waals surface area contributed by atoms with E-state index in [-0.39, 0.29) is 0 Å². The Hall–Kier alpha value is -3.35. The number of nitrogens with zero attached hydrogens (tertiary/aromatic N) is 4. The summed E-state index contributed by atoms with van der Waals surface area (Å²) in [6.45, 7) is 5.84. The van der Waals surface area contributed by atoms with Gasteiger partial charge in [0.2, 0.25) is 6.19 Å². The van der Waals surface area contributed by atoms with E-state index in [0.717, 1.165) is 5.56 Å². The minimum atomic E-state index is -0.901. The molecule has 3 rings (SSSR count). The molecule has 6 nitrogen and oxygen atoms in total. The topological polar surface area (TPSA) is 92.6 Å². The summed E-state index contributed by atoms with van der Waals surface area (Å²) < 4.78 is 6.01. The Kier molecular flexibility index (Phi) is 5.35. The molecule has 2 aromatic rings. The summed E-state index contributed by atoms with van der Waals surface area (Å²) >= 11 is 0. The van der Waals surface area contributed by atoms with Crippen LogP contribution in [-0.2, 0) is 6.54 Å². The third-order valence-electron chi connectivity index (χ3n) is 5.00. The Balaban J connectivity index is 2.16. The van der Waals surface area contributed by atoms with Crippen LogP contribution >= 0.6 is 0 Å². The number of fused-ring (bicyclic) bond motifs is 1. The Morgan fingerprint density at radius 1 is 1.21 bits per heavy atom. The van der Waals surface area contributed by atoms with Crippen molar-refractivity contribution in [2.24, 2.45) is 4.99 Å². The molecule has 0 saturated heterocycles. The molecule has 0 unspecified atom stereocenters. The van der Waals surface area contributed by atoms with Gasteiger partial charge in [-0.25, -0.2) is 0 Å². The van der Waals surface area contributed by atoms with E-state index in [1.54, 1.807) is 25.1 Å². The van der Waals surface area contributed by atoms with E-state index < -0.39 is 17.7 Å². The Morgan fingerprint density at radius 2 is 1.93 bits per heavy atom. The first kappa shape index (κ1) is 19.4. The van der Waals surface area contributed by atoms with Gasteiger partial charge < -0.3 is 14.7 Å². The molecule has 1 aliphatic rings. The zero-order valence-corrected chi connectivity index (χ0v) is 16.1. The van der Waals surface area contributed by atoms with Crippen LogP contribution in [0.15, 0.2) is 53.5 Å². The third-order valence-corrected chi connectivity index (χ3v) is 5.00. The fourth-order valence-corrected chi connectivity index (χ4v) is 3.51. The molecular formula is C22H22N4O2. The first-order valence-electron chi connectivity index (χ1n) is 9.02. The minimum absolute atomic E-state index is 0.450. The van der Waals surface area contributed by atoms with E-state index >= 15 is 0 Å². The van der Waals surface area contributed by atoms with Gasteiger partial charge in [-0.3, -0.25) is 0 Å². The Morgan fingerprint density at radius 3 is 2.57 bits per heavy atom. The van der Waals surface area contributed by atoms with Gasteiger partial charge in [-0.15, -0.1) is 0 Å². The molecular weight excluding hydrogens is 352 g/mol. The predicted molar refractivity (Wildman–Crippen MR) is 105 cm³/mol. The maximum atomic E-state index is 11.2. The lowest BCUT2D eigenvalue weighted by Crippen LogP contribution is -2.54. The first-order valence-corrected chi connectivity index (χ1v) is 9.02. The number of benzene rings is 2. The average molecular weight is 374 g/mol. The van der Waals surface area contributed by atoms with Crippen LogP contribution in [0.2, 0.25) is 0 Å². The maximum absolute atomic E-state index is 11.2. The molecule has 2 aromatic carbocycles. The number of amidine groups is 1. The second-order valence-corrected chi connectivity index (χ2v) is 7.33. The molecule has 142 valence electrons. The van der Waals surface area contributed by atoms with Crippen molar-refractivity contribution >= 4 is 5.84 Å². The summed E-state index contributed by atoms with van der Waals surface area (Å²) in [5.41, 5.74) is 1.35. The van der Waals surface area contributed by atoms with Crippen LogP contribution in [0.25, 0.3) is 0 Å². The first-order chi connectivity index (χ1) is 13.4. The van der Waals surface area contributed by atoms with Crippen LogP contribution in [0.3, 0.4) is 0 Å². The number of aliphatic hydroxyl groups excluding tert-OH is 1. The van der Waals surface area contributed by atoms with Crippen molar-refractivity contribution < 1.29 is 9.84 Å². The van der Waals surface area contributed by atoms with Crippen LogP contribution in [0, 0.1) is 22.8 Å². The monoisotopic (exact) mass is 374 g/mol. The predicted octanol–water partition coefficient (Wildman–Crippen LogP) is 3.53. The van der Waals surface area contributed by atoms with Crippen LogP contribution in [0.4, 0.5) is 0 Å². The highest BCUT2D eigenvalue weighted by molar-refractivity contribution is 5.81. The van der Waals surface area contributed by atoms with E-state index in [0.29, 0.717) is 29.3 Å². The Labute approximate surface area is 164 Å². The lowest BCUT2D eigenvalue weighted by Gasteiger charge is -2.47. The van der Waals surface area contributed by atoms with E-state index in [9.17, 15) is 10.4 Å². The summed E-state index contributed by atoms with van der Waals surface area (Å²) in [6, 6.07) is 16.6. The molecule has 0 aliphatic carbocycles. The SMILES string of the molecule is CC(=NC#N)N(Cc1ccccc1)[C@H]1c2cc(C#N)ccc2OC(C)(C)[C@@H]1O. The fourth-order valence-electron chi connectivity index (χ4n) is 3.51. The lowest BCUT2D eigenvalue weighted by molar-refractivity contribution is -0.0828. The molecule has 0 spiro atoms. The van der Waals surface area contributed by atoms with Gasteiger partial charge in [-0.1, -0.05) is 30.3 Å². The van der Waals surface area contributed by atoms with Gasteiger partial charge in [0.25, 0.3) is 0 Å². The molecule has 28 heavy (non-hydrogen) atoms. The van der Waals surface area contributed by atoms with Crippen molar-refractivity contribution in [1.29, 1.82) is 10.5 Å². The van der Waals surface area contributed by atoms with Crippen molar-refractivity contribution in [3.8, 4) is 18.0 Å². The molecule has 1 aliphatic heterocycles. The quantitative estimate of drug-likeness (QED) is 0.504. The summed E-state index contributed by atoms with van der Waals surface area (Å²) in [5.74, 6) is 1.10. The summed E-state index contributed by atoms with van der Waals surface area (Å²) in [5, 5.41) is 29.6. The number of aliphatic imine (C=N–C) groups is 1. The zero-order valence-electron chi connectivity index (χ0n) is 16.1. The number of aliphatic hydroxyl groups is 1. The van der Waals surface area contributed by atoms with Gasteiger partial charge in [0.05, 0.1) is 17.7 Å². The second-order valence-electron chi connectivity index (χ2n) is 7.33. The van der Waals surface area contributed by atoms with Gasteiger partial charge in [0, 0.05) is 12.1 Å². The molecule has 2 atom stereocenters. The van der Waals surface area contributed by atoms with Gasteiger partial charge >= 0.3 is 0 Å². The highest BCUT2D eigenvalue weighted by Crippen LogP contribution is 2.43. The van der Waals surface area contributed by atoms with Gasteiger partial charge in [-0.05, 0) is 44.5 Å². The van der Waals surface area contributed by atoms with Gasteiger partial charge in [-0.2, -0.15) is 15.5 Å². The minimum Gasteiger partial charge on any atom is -0.485 e. The standard InChI is InChI=1S/C22H22N4O2/c1-15(25-14-24)26(13-16-7-5-4-6-8-16)20-18-11-17(12-23)9-10-19(18)28-22(2,3)21(20)27/h4-11,20-21,27H,13H2,1-3H3/t20-,21+/m0/s1. The molecule has 0 fully saturated rings. The summed E-state index contributed by atoms with van der Waals surface area (Å²) in [7, 11) is 0. The van der Waals surface area contributed by atoms with E-state index in [1.165, 1.54) is 0 Å². The molecule has 1 heterocycles. The Bertz CT molecular complexity index is 970. The number of hydrogen-bond donors (Lipinski definition) is 1. The zero-order chi connectivity index (χ0) is 20.3. The molecule has 0 radical (unpaired) electrons. The normalized spacial score (nSPS) is 20.3. The van der Waals surface area contributed by atoms with Crippen LogP contribution in [0.5, 0.6) is 5.75 Å². The summed E-state index contributed by atoms with van der Waals surface area (Å²) in [6.07, 6.45) is 0.935. The maximum Gasteiger partial charge on any atom is 0.207 e. The third kappa shape index (κ3) is 3.69. The van der Waals surface area contributed by atoms with Crippen molar-refractivity contribution in [1.82, 2.24) is 4.90 Å². The van der Waals surface area contributed by atoms with E-state index in [1.807, 2.05) is 55.3 Å². The molecule has 0 saturated carbocycles. The summed E-state index contributed by atoms with van der Waals surface area (Å²) in [4.78, 5) is 5.82. The van der Waals surface area contributed by atoms with Crippen LogP contribution < -0.4 is 4.74 Å². The second kappa shape index (κ2) is 7.72. The average Bonchev–Trinajstić information content (AvgIpc) is 2.68. The number of rotatable bonds is 3.